The van der Waals surface area contributed by atoms with Crippen LogP contribution in [0.1, 0.15) is 19.4 Å². The number of nitro groups is 1. The minimum absolute atomic E-state index is 0.0967. The van der Waals surface area contributed by atoms with E-state index >= 15 is 0 Å². The minimum Gasteiger partial charge on any atom is -0.461 e. The molecule has 1 saturated carbocycles. The van der Waals surface area contributed by atoms with Gasteiger partial charge in [0.15, 0.2) is 0 Å². The Bertz CT molecular complexity index is 683. The van der Waals surface area contributed by atoms with Crippen LogP contribution < -0.4 is 0 Å². The minimum atomic E-state index is -0.533. The molecule has 0 spiro atoms. The molecule has 1 aliphatic rings. The molecule has 0 saturated heterocycles. The SMILES string of the molecule is CC1(C)C(C=C(Cl)Cl)C1C(=O)OCc1cc([N+](=O)[O-])ccc1Cl. The number of ether oxygens (including phenoxy) is 1. The van der Waals surface area contributed by atoms with E-state index in [0.29, 0.717) is 10.6 Å². The maximum atomic E-state index is 12.2. The summed E-state index contributed by atoms with van der Waals surface area (Å²) in [6.07, 6.45) is 1.62. The van der Waals surface area contributed by atoms with Gasteiger partial charge in [0.05, 0.1) is 10.8 Å². The third-order valence-electron chi connectivity index (χ3n) is 4.08. The van der Waals surface area contributed by atoms with Crippen molar-refractivity contribution in [2.24, 2.45) is 17.3 Å². The summed E-state index contributed by atoms with van der Waals surface area (Å²) in [5, 5.41) is 11.1. The molecule has 2 rings (SSSR count). The first-order valence-electron chi connectivity index (χ1n) is 6.77. The van der Waals surface area contributed by atoms with E-state index < -0.39 is 10.9 Å². The maximum Gasteiger partial charge on any atom is 0.310 e. The molecule has 124 valence electrons. The molecule has 1 aromatic rings. The first-order chi connectivity index (χ1) is 10.6. The van der Waals surface area contributed by atoms with Crippen LogP contribution in [0.3, 0.4) is 0 Å². The fourth-order valence-electron chi connectivity index (χ4n) is 2.60. The van der Waals surface area contributed by atoms with Gasteiger partial charge in [-0.05, 0) is 23.5 Å². The standard InChI is InChI=1S/C15H14Cl3NO4/c1-15(2)10(6-12(17)18)13(15)14(20)23-7-8-5-9(19(21)22)3-4-11(8)16/h3-6,10,13H,7H2,1-2H3. The van der Waals surface area contributed by atoms with Gasteiger partial charge in [0, 0.05) is 22.7 Å². The molecule has 1 aliphatic carbocycles. The van der Waals surface area contributed by atoms with Crippen molar-refractivity contribution >= 4 is 46.5 Å². The molecular formula is C15H14Cl3NO4. The Morgan fingerprint density at radius 1 is 1.43 bits per heavy atom. The predicted octanol–water partition coefficient (Wildman–Crippen LogP) is 4.88. The van der Waals surface area contributed by atoms with Gasteiger partial charge in [-0.1, -0.05) is 48.7 Å². The van der Waals surface area contributed by atoms with E-state index in [2.05, 4.69) is 0 Å². The summed E-state index contributed by atoms with van der Waals surface area (Å²) in [6, 6.07) is 3.99. The van der Waals surface area contributed by atoms with Gasteiger partial charge in [-0.25, -0.2) is 0 Å². The molecular weight excluding hydrogens is 365 g/mol. The molecule has 0 N–H and O–H groups in total. The highest BCUT2D eigenvalue weighted by Gasteiger charge is 2.61. The van der Waals surface area contributed by atoms with Crippen molar-refractivity contribution in [1.29, 1.82) is 0 Å². The Balaban J connectivity index is 2.05. The molecule has 0 aliphatic heterocycles. The predicted molar refractivity (Wildman–Crippen MR) is 88.5 cm³/mol. The monoisotopic (exact) mass is 377 g/mol. The van der Waals surface area contributed by atoms with Gasteiger partial charge in [-0.3, -0.25) is 14.9 Å². The Kier molecular flexibility index (Phi) is 5.23. The maximum absolute atomic E-state index is 12.2. The molecule has 23 heavy (non-hydrogen) atoms. The van der Waals surface area contributed by atoms with Gasteiger partial charge >= 0.3 is 5.97 Å². The lowest BCUT2D eigenvalue weighted by molar-refractivity contribution is -0.384. The van der Waals surface area contributed by atoms with Crippen LogP contribution in [0.5, 0.6) is 0 Å². The number of rotatable bonds is 5. The van der Waals surface area contributed by atoms with Gasteiger partial charge in [0.1, 0.15) is 11.1 Å². The highest BCUT2D eigenvalue weighted by atomic mass is 35.5. The second-order valence-electron chi connectivity index (χ2n) is 5.92. The molecule has 0 amide bonds. The number of hydrogen-bond donors (Lipinski definition) is 0. The number of nitro benzene ring substituents is 1. The summed E-state index contributed by atoms with van der Waals surface area (Å²) >= 11 is 17.3. The van der Waals surface area contributed by atoms with Crippen LogP contribution in [-0.2, 0) is 16.1 Å². The van der Waals surface area contributed by atoms with Gasteiger partial charge in [0.2, 0.25) is 0 Å². The smallest absolute Gasteiger partial charge is 0.310 e. The van der Waals surface area contributed by atoms with Crippen LogP contribution in [0.25, 0.3) is 0 Å². The summed E-state index contributed by atoms with van der Waals surface area (Å²) in [5.41, 5.74) is -0.0180. The molecule has 2 unspecified atom stereocenters. The first-order valence-corrected chi connectivity index (χ1v) is 7.90. The summed E-state index contributed by atoms with van der Waals surface area (Å²) in [4.78, 5) is 22.4. The van der Waals surface area contributed by atoms with E-state index in [1.54, 1.807) is 6.08 Å². The van der Waals surface area contributed by atoms with Crippen LogP contribution >= 0.6 is 34.8 Å². The number of carbonyl (C=O) groups excluding carboxylic acids is 1. The van der Waals surface area contributed by atoms with Crippen LogP contribution in [0.2, 0.25) is 5.02 Å². The number of esters is 1. The van der Waals surface area contributed by atoms with Gasteiger partial charge in [-0.2, -0.15) is 0 Å². The summed E-state index contributed by atoms with van der Waals surface area (Å²) < 4.78 is 5.36. The zero-order chi connectivity index (χ0) is 17.4. The number of benzene rings is 1. The zero-order valence-corrected chi connectivity index (χ0v) is 14.7. The molecule has 0 bridgehead atoms. The number of nitrogens with zero attached hydrogens (tertiary/aromatic N) is 1. The number of carbonyl (C=O) groups is 1. The van der Waals surface area contributed by atoms with Crippen LogP contribution in [0.15, 0.2) is 28.8 Å². The number of non-ortho nitro benzene ring substituents is 1. The average Bonchev–Trinajstić information content (AvgIpc) is 2.97. The molecule has 1 aromatic carbocycles. The summed E-state index contributed by atoms with van der Waals surface area (Å²) in [7, 11) is 0. The van der Waals surface area contributed by atoms with Crippen LogP contribution in [-0.4, -0.2) is 10.9 Å². The highest BCUT2D eigenvalue weighted by molar-refractivity contribution is 6.55. The normalized spacial score (nSPS) is 21.4. The summed E-state index contributed by atoms with van der Waals surface area (Å²) in [6.45, 7) is 3.70. The molecule has 5 nitrogen and oxygen atoms in total. The van der Waals surface area contributed by atoms with E-state index in [-0.39, 0.29) is 34.0 Å². The Morgan fingerprint density at radius 3 is 2.65 bits per heavy atom. The fraction of sp³-hybridized carbons (Fsp3) is 0.400. The Morgan fingerprint density at radius 2 is 2.09 bits per heavy atom. The van der Waals surface area contributed by atoms with E-state index in [1.165, 1.54) is 18.2 Å². The van der Waals surface area contributed by atoms with Gasteiger partial charge in [-0.15, -0.1) is 0 Å². The molecule has 2 atom stereocenters. The lowest BCUT2D eigenvalue weighted by atomic mass is 10.1. The van der Waals surface area contributed by atoms with Gasteiger partial charge in [0.25, 0.3) is 5.69 Å². The topological polar surface area (TPSA) is 69.4 Å². The van der Waals surface area contributed by atoms with Crippen molar-refractivity contribution in [1.82, 2.24) is 0 Å². The van der Waals surface area contributed by atoms with Crippen molar-refractivity contribution in [3.63, 3.8) is 0 Å². The second kappa shape index (κ2) is 6.67. The van der Waals surface area contributed by atoms with Crippen LogP contribution in [0, 0.1) is 27.4 Å². The van der Waals surface area contributed by atoms with Crippen molar-refractivity contribution in [3.05, 3.63) is 49.5 Å². The van der Waals surface area contributed by atoms with Gasteiger partial charge < -0.3 is 4.74 Å². The molecule has 0 heterocycles. The van der Waals surface area contributed by atoms with E-state index in [0.717, 1.165) is 0 Å². The van der Waals surface area contributed by atoms with E-state index in [1.807, 2.05) is 13.8 Å². The molecule has 1 fully saturated rings. The average molecular weight is 379 g/mol. The lowest BCUT2D eigenvalue weighted by Gasteiger charge is -2.07. The van der Waals surface area contributed by atoms with Crippen molar-refractivity contribution in [2.45, 2.75) is 20.5 Å². The zero-order valence-electron chi connectivity index (χ0n) is 12.4. The second-order valence-corrected chi connectivity index (χ2v) is 7.34. The quantitative estimate of drug-likeness (QED) is 0.416. The Labute approximate surface area is 148 Å². The number of hydrogen-bond acceptors (Lipinski definition) is 4. The Hall–Kier alpha value is -1.30. The largest absolute Gasteiger partial charge is 0.461 e. The first kappa shape index (κ1) is 18.0. The lowest BCUT2D eigenvalue weighted by Crippen LogP contribution is -2.11. The highest BCUT2D eigenvalue weighted by Crippen LogP contribution is 2.60. The van der Waals surface area contributed by atoms with E-state index in [9.17, 15) is 14.9 Å². The van der Waals surface area contributed by atoms with Crippen molar-refractivity contribution in [3.8, 4) is 0 Å². The third kappa shape index (κ3) is 3.97. The fourth-order valence-corrected chi connectivity index (χ4v) is 3.04. The summed E-state index contributed by atoms with van der Waals surface area (Å²) in [5.74, 6) is -0.860. The molecule has 0 radical (unpaired) electrons. The molecule has 0 aromatic heterocycles. The molecule has 8 heteroatoms. The van der Waals surface area contributed by atoms with Crippen molar-refractivity contribution in [2.75, 3.05) is 0 Å². The van der Waals surface area contributed by atoms with Crippen molar-refractivity contribution < 1.29 is 14.5 Å². The third-order valence-corrected chi connectivity index (χ3v) is 4.70. The number of halogens is 3. The van der Waals surface area contributed by atoms with E-state index in [4.69, 9.17) is 39.5 Å². The van der Waals surface area contributed by atoms with Crippen LogP contribution in [0.4, 0.5) is 5.69 Å². The number of allylic oxidation sites excluding steroid dienone is 1.